The summed E-state index contributed by atoms with van der Waals surface area (Å²) in [5.41, 5.74) is 0.968. The fourth-order valence-corrected chi connectivity index (χ4v) is 2.35. The van der Waals surface area contributed by atoms with Crippen molar-refractivity contribution in [3.05, 3.63) is 17.8 Å². The number of nitrogens with one attached hydrogen (secondary N) is 1. The van der Waals surface area contributed by atoms with E-state index < -0.39 is 0 Å². The van der Waals surface area contributed by atoms with Crippen LogP contribution >= 0.6 is 0 Å². The molecule has 2 heterocycles. The summed E-state index contributed by atoms with van der Waals surface area (Å²) >= 11 is 0. The lowest BCUT2D eigenvalue weighted by Gasteiger charge is -2.36. The Labute approximate surface area is 109 Å². The fraction of sp³-hybridized carbons (Fsp3) is 0.692. The maximum absolute atomic E-state index is 5.52. The summed E-state index contributed by atoms with van der Waals surface area (Å²) in [6, 6.07) is 4.07. The third kappa shape index (κ3) is 2.97. The van der Waals surface area contributed by atoms with Crippen LogP contribution in [0.3, 0.4) is 0 Å². The molecule has 0 aromatic carbocycles. The number of ether oxygens (including phenoxy) is 1. The van der Waals surface area contributed by atoms with Crippen molar-refractivity contribution < 1.29 is 4.74 Å². The Morgan fingerprint density at radius 2 is 2.28 bits per heavy atom. The first-order valence-corrected chi connectivity index (χ1v) is 6.49. The van der Waals surface area contributed by atoms with Crippen LogP contribution in [-0.4, -0.2) is 43.5 Å². The zero-order valence-corrected chi connectivity index (χ0v) is 11.4. The molecular weight excluding hydrogens is 228 g/mol. The lowest BCUT2D eigenvalue weighted by molar-refractivity contribution is 0.0496. The molecule has 2 atom stereocenters. The molecule has 0 saturated carbocycles. The molecular formula is C13H22N4O. The van der Waals surface area contributed by atoms with Crippen molar-refractivity contribution in [1.82, 2.24) is 15.5 Å². The molecule has 0 aliphatic carbocycles. The molecule has 1 aromatic heterocycles. The largest absolute Gasteiger partial charge is 0.379 e. The normalized spacial score (nSPS) is 24.3. The molecule has 1 saturated heterocycles. The van der Waals surface area contributed by atoms with Crippen molar-refractivity contribution in [3.63, 3.8) is 0 Å². The second-order valence-corrected chi connectivity index (χ2v) is 4.90. The van der Waals surface area contributed by atoms with Gasteiger partial charge in [0.15, 0.2) is 5.82 Å². The van der Waals surface area contributed by atoms with E-state index in [0.29, 0.717) is 5.92 Å². The van der Waals surface area contributed by atoms with E-state index in [1.54, 1.807) is 7.11 Å². The molecule has 0 bridgehead atoms. The van der Waals surface area contributed by atoms with Crippen molar-refractivity contribution >= 4 is 5.82 Å². The van der Waals surface area contributed by atoms with E-state index in [1.165, 1.54) is 0 Å². The Morgan fingerprint density at radius 3 is 2.89 bits per heavy atom. The molecule has 2 unspecified atom stereocenters. The van der Waals surface area contributed by atoms with Crippen LogP contribution in [0.4, 0.5) is 5.82 Å². The average molecular weight is 250 g/mol. The van der Waals surface area contributed by atoms with E-state index in [9.17, 15) is 0 Å². The highest BCUT2D eigenvalue weighted by Gasteiger charge is 2.26. The van der Waals surface area contributed by atoms with Crippen LogP contribution in [0.1, 0.15) is 19.0 Å². The third-order valence-corrected chi connectivity index (χ3v) is 3.58. The van der Waals surface area contributed by atoms with Crippen LogP contribution in [0.25, 0.3) is 0 Å². The number of nitrogens with zero attached hydrogens (tertiary/aromatic N) is 3. The molecule has 18 heavy (non-hydrogen) atoms. The Balaban J connectivity index is 2.02. The van der Waals surface area contributed by atoms with Crippen molar-refractivity contribution in [2.45, 2.75) is 26.0 Å². The minimum Gasteiger partial charge on any atom is -0.379 e. The molecule has 5 nitrogen and oxygen atoms in total. The summed E-state index contributed by atoms with van der Waals surface area (Å²) in [6.07, 6.45) is 1.43. The van der Waals surface area contributed by atoms with E-state index in [1.807, 2.05) is 19.2 Å². The Bertz CT molecular complexity index is 368. The average Bonchev–Trinajstić information content (AvgIpc) is 2.41. The number of piperidine rings is 1. The summed E-state index contributed by atoms with van der Waals surface area (Å²) < 4.78 is 5.52. The van der Waals surface area contributed by atoms with Gasteiger partial charge in [0.25, 0.3) is 0 Å². The third-order valence-electron chi connectivity index (χ3n) is 3.58. The Kier molecular flexibility index (Phi) is 4.49. The zero-order valence-electron chi connectivity index (χ0n) is 11.4. The van der Waals surface area contributed by atoms with Gasteiger partial charge in [0.1, 0.15) is 0 Å². The molecule has 100 valence electrons. The van der Waals surface area contributed by atoms with Gasteiger partial charge in [-0.25, -0.2) is 0 Å². The lowest BCUT2D eigenvalue weighted by Crippen LogP contribution is -2.44. The second-order valence-electron chi connectivity index (χ2n) is 4.90. The first-order chi connectivity index (χ1) is 8.74. The van der Waals surface area contributed by atoms with Gasteiger partial charge in [0.2, 0.25) is 0 Å². The highest BCUT2D eigenvalue weighted by Crippen LogP contribution is 2.23. The Hall–Kier alpha value is -1.20. The van der Waals surface area contributed by atoms with Crippen molar-refractivity contribution in [2.75, 3.05) is 32.1 Å². The molecule has 0 amide bonds. The van der Waals surface area contributed by atoms with Gasteiger partial charge in [0.05, 0.1) is 11.8 Å². The highest BCUT2D eigenvalue weighted by molar-refractivity contribution is 5.38. The van der Waals surface area contributed by atoms with E-state index >= 15 is 0 Å². The molecule has 1 fully saturated rings. The SMILES string of the molecule is CNCc1ccc(N2CCC(C)C(OC)C2)nn1. The number of rotatable bonds is 4. The molecule has 1 N–H and O–H groups in total. The number of aromatic nitrogens is 2. The van der Waals surface area contributed by atoms with Crippen molar-refractivity contribution in [3.8, 4) is 0 Å². The maximum Gasteiger partial charge on any atom is 0.151 e. The van der Waals surface area contributed by atoms with Crippen LogP contribution in [0.15, 0.2) is 12.1 Å². The quantitative estimate of drug-likeness (QED) is 0.866. The van der Waals surface area contributed by atoms with Gasteiger partial charge in [-0.3, -0.25) is 0 Å². The van der Waals surface area contributed by atoms with Crippen molar-refractivity contribution in [1.29, 1.82) is 0 Å². The van der Waals surface area contributed by atoms with E-state index in [-0.39, 0.29) is 6.10 Å². The lowest BCUT2D eigenvalue weighted by atomic mass is 9.96. The number of hydrogen-bond acceptors (Lipinski definition) is 5. The molecule has 1 aliphatic rings. The summed E-state index contributed by atoms with van der Waals surface area (Å²) in [6.45, 7) is 4.93. The van der Waals surface area contributed by atoms with Gasteiger partial charge < -0.3 is 15.0 Å². The predicted molar refractivity (Wildman–Crippen MR) is 71.6 cm³/mol. The van der Waals surface area contributed by atoms with Gasteiger partial charge in [-0.15, -0.1) is 5.10 Å². The first kappa shape index (κ1) is 13.2. The second kappa shape index (κ2) is 6.11. The minimum absolute atomic E-state index is 0.289. The molecule has 0 radical (unpaired) electrons. The van der Waals surface area contributed by atoms with Gasteiger partial charge in [-0.1, -0.05) is 6.92 Å². The molecule has 2 rings (SSSR count). The molecule has 5 heteroatoms. The van der Waals surface area contributed by atoms with Gasteiger partial charge in [0, 0.05) is 26.7 Å². The number of hydrogen-bond donors (Lipinski definition) is 1. The predicted octanol–water partition coefficient (Wildman–Crippen LogP) is 1.06. The van der Waals surface area contributed by atoms with E-state index in [4.69, 9.17) is 4.74 Å². The minimum atomic E-state index is 0.289. The van der Waals surface area contributed by atoms with Crippen molar-refractivity contribution in [2.24, 2.45) is 5.92 Å². The Morgan fingerprint density at radius 1 is 1.44 bits per heavy atom. The van der Waals surface area contributed by atoms with Gasteiger partial charge in [-0.2, -0.15) is 5.10 Å². The van der Waals surface area contributed by atoms with Gasteiger partial charge in [-0.05, 0) is 31.5 Å². The topological polar surface area (TPSA) is 50.3 Å². The molecule has 1 aromatic rings. The zero-order chi connectivity index (χ0) is 13.0. The standard InChI is InChI=1S/C13H22N4O/c1-10-6-7-17(9-12(10)18-3)13-5-4-11(8-14-2)15-16-13/h4-5,10,12,14H,6-9H2,1-3H3. The van der Waals surface area contributed by atoms with Crippen LogP contribution in [-0.2, 0) is 11.3 Å². The van der Waals surface area contributed by atoms with E-state index in [0.717, 1.165) is 37.6 Å². The van der Waals surface area contributed by atoms with Gasteiger partial charge >= 0.3 is 0 Å². The number of methoxy groups -OCH3 is 1. The first-order valence-electron chi connectivity index (χ1n) is 6.49. The maximum atomic E-state index is 5.52. The van der Waals surface area contributed by atoms with Crippen LogP contribution in [0.2, 0.25) is 0 Å². The van der Waals surface area contributed by atoms with Crippen LogP contribution in [0, 0.1) is 5.92 Å². The number of anilines is 1. The highest BCUT2D eigenvalue weighted by atomic mass is 16.5. The fourth-order valence-electron chi connectivity index (χ4n) is 2.35. The molecule has 0 spiro atoms. The molecule has 1 aliphatic heterocycles. The monoisotopic (exact) mass is 250 g/mol. The van der Waals surface area contributed by atoms with E-state index in [2.05, 4.69) is 27.3 Å². The summed E-state index contributed by atoms with van der Waals surface area (Å²) in [4.78, 5) is 2.25. The summed E-state index contributed by atoms with van der Waals surface area (Å²) in [5.74, 6) is 1.56. The smallest absolute Gasteiger partial charge is 0.151 e. The van der Waals surface area contributed by atoms with Crippen LogP contribution < -0.4 is 10.2 Å². The summed E-state index contributed by atoms with van der Waals surface area (Å²) in [5, 5.41) is 11.6. The summed E-state index contributed by atoms with van der Waals surface area (Å²) in [7, 11) is 3.69. The van der Waals surface area contributed by atoms with Crippen LogP contribution in [0.5, 0.6) is 0 Å².